The van der Waals surface area contributed by atoms with Gasteiger partial charge in [-0.15, -0.1) is 6.42 Å². The number of nitro benzene ring substituents is 1. The second-order valence-corrected chi connectivity index (χ2v) is 7.86. The highest BCUT2D eigenvalue weighted by atomic mass is 32.2. The number of esters is 1. The highest BCUT2D eigenvalue weighted by molar-refractivity contribution is 7.89. The molecule has 0 aliphatic carbocycles. The Morgan fingerprint density at radius 3 is 2.69 bits per heavy atom. The molecular formula is C16H19N3O6S. The first-order valence-electron chi connectivity index (χ1n) is 7.77. The van der Waals surface area contributed by atoms with Crippen LogP contribution < -0.4 is 0 Å². The van der Waals surface area contributed by atoms with Crippen molar-refractivity contribution in [1.29, 1.82) is 0 Å². The number of nitrogens with zero attached hydrogens (tertiary/aromatic N) is 3. The number of likely N-dealkylation sites (N-methyl/N-ethyl adjacent to an activating group) is 1. The monoisotopic (exact) mass is 381 g/mol. The lowest BCUT2D eigenvalue weighted by Gasteiger charge is -2.22. The molecule has 0 radical (unpaired) electrons. The normalized spacial score (nSPS) is 19.2. The summed E-state index contributed by atoms with van der Waals surface area (Å²) in [6.07, 6.45) is 5.18. The minimum absolute atomic E-state index is 0.0263. The van der Waals surface area contributed by atoms with Crippen LogP contribution >= 0.6 is 0 Å². The fourth-order valence-electron chi connectivity index (χ4n) is 2.55. The third-order valence-electron chi connectivity index (χ3n) is 4.09. The maximum absolute atomic E-state index is 12.0. The standard InChI is InChI=1S/C16H19N3O6S/c1-3-8-18-11-15(12-26(18,23)24)17(2)9-10-25-16(20)13-4-6-14(7-5-13)19(21)22/h1,4-7,15H,8-12H2,2H3. The van der Waals surface area contributed by atoms with Gasteiger partial charge < -0.3 is 4.74 Å². The van der Waals surface area contributed by atoms with E-state index in [-0.39, 0.29) is 36.2 Å². The first kappa shape index (κ1) is 19.8. The van der Waals surface area contributed by atoms with E-state index < -0.39 is 20.9 Å². The molecular weight excluding hydrogens is 362 g/mol. The van der Waals surface area contributed by atoms with E-state index in [2.05, 4.69) is 5.92 Å². The van der Waals surface area contributed by atoms with Gasteiger partial charge in [0.25, 0.3) is 5.69 Å². The molecule has 2 rings (SSSR count). The van der Waals surface area contributed by atoms with E-state index in [1.54, 1.807) is 11.9 Å². The van der Waals surface area contributed by atoms with E-state index in [0.29, 0.717) is 13.1 Å². The zero-order valence-electron chi connectivity index (χ0n) is 14.2. The van der Waals surface area contributed by atoms with E-state index in [9.17, 15) is 23.3 Å². The number of hydrogen-bond donors (Lipinski definition) is 0. The number of carbonyl (C=O) groups excluding carboxylic acids is 1. The maximum Gasteiger partial charge on any atom is 0.338 e. The van der Waals surface area contributed by atoms with Gasteiger partial charge in [0.1, 0.15) is 6.61 Å². The van der Waals surface area contributed by atoms with Gasteiger partial charge in [0.15, 0.2) is 0 Å². The minimum Gasteiger partial charge on any atom is -0.461 e. The average Bonchev–Trinajstić information content (AvgIpc) is 2.90. The summed E-state index contributed by atoms with van der Waals surface area (Å²) >= 11 is 0. The van der Waals surface area contributed by atoms with Gasteiger partial charge in [0, 0.05) is 31.3 Å². The molecule has 1 aliphatic rings. The number of nitro groups is 1. The second kappa shape index (κ2) is 8.27. The molecule has 1 aliphatic heterocycles. The number of sulfonamides is 1. The van der Waals surface area contributed by atoms with Crippen molar-refractivity contribution in [3.63, 3.8) is 0 Å². The maximum atomic E-state index is 12.0. The molecule has 0 amide bonds. The highest BCUT2D eigenvalue weighted by Crippen LogP contribution is 2.17. The van der Waals surface area contributed by atoms with Crippen LogP contribution in [0, 0.1) is 22.5 Å². The quantitative estimate of drug-likeness (QED) is 0.290. The summed E-state index contributed by atoms with van der Waals surface area (Å²) in [6.45, 7) is 0.766. The van der Waals surface area contributed by atoms with Crippen LogP contribution in [0.4, 0.5) is 5.69 Å². The molecule has 1 heterocycles. The van der Waals surface area contributed by atoms with Crippen molar-refractivity contribution in [2.75, 3.05) is 39.0 Å². The Hall–Kier alpha value is -2.48. The van der Waals surface area contributed by atoms with Crippen molar-refractivity contribution in [3.8, 4) is 12.3 Å². The molecule has 140 valence electrons. The van der Waals surface area contributed by atoms with Gasteiger partial charge in [0.2, 0.25) is 10.0 Å². The van der Waals surface area contributed by atoms with Gasteiger partial charge in [-0.2, -0.15) is 4.31 Å². The lowest BCUT2D eigenvalue weighted by Crippen LogP contribution is -2.38. The van der Waals surface area contributed by atoms with Crippen LogP contribution in [-0.2, 0) is 14.8 Å². The Bertz CT molecular complexity index is 815. The van der Waals surface area contributed by atoms with E-state index in [0.717, 1.165) is 0 Å². The minimum atomic E-state index is -3.35. The molecule has 0 aromatic heterocycles. The number of carbonyl (C=O) groups is 1. The van der Waals surface area contributed by atoms with E-state index in [1.165, 1.54) is 28.6 Å². The number of hydrogen-bond acceptors (Lipinski definition) is 7. The van der Waals surface area contributed by atoms with Crippen LogP contribution in [0.2, 0.25) is 0 Å². The molecule has 26 heavy (non-hydrogen) atoms. The van der Waals surface area contributed by atoms with E-state index in [4.69, 9.17) is 11.2 Å². The van der Waals surface area contributed by atoms with Crippen molar-refractivity contribution in [3.05, 3.63) is 39.9 Å². The predicted molar refractivity (Wildman–Crippen MR) is 94.0 cm³/mol. The lowest BCUT2D eigenvalue weighted by atomic mass is 10.2. The highest BCUT2D eigenvalue weighted by Gasteiger charge is 2.37. The average molecular weight is 381 g/mol. The molecule has 9 nitrogen and oxygen atoms in total. The lowest BCUT2D eigenvalue weighted by molar-refractivity contribution is -0.384. The first-order chi connectivity index (χ1) is 12.2. The van der Waals surface area contributed by atoms with Crippen LogP contribution in [0.1, 0.15) is 10.4 Å². The van der Waals surface area contributed by atoms with Crippen LogP contribution in [0.15, 0.2) is 24.3 Å². The van der Waals surface area contributed by atoms with Crippen LogP contribution in [-0.4, -0.2) is 73.6 Å². The van der Waals surface area contributed by atoms with E-state index >= 15 is 0 Å². The van der Waals surface area contributed by atoms with E-state index in [1.807, 2.05) is 0 Å². The molecule has 0 N–H and O–H groups in total. The van der Waals surface area contributed by atoms with Gasteiger partial charge in [-0.05, 0) is 19.2 Å². The molecule has 1 aromatic rings. The summed E-state index contributed by atoms with van der Waals surface area (Å²) < 4.78 is 30.4. The van der Waals surface area contributed by atoms with Crippen molar-refractivity contribution in [1.82, 2.24) is 9.21 Å². The van der Waals surface area contributed by atoms with Crippen molar-refractivity contribution >= 4 is 21.7 Å². The Balaban J connectivity index is 1.83. The second-order valence-electron chi connectivity index (χ2n) is 5.85. The van der Waals surface area contributed by atoms with Crippen LogP contribution in [0.5, 0.6) is 0 Å². The number of benzene rings is 1. The smallest absolute Gasteiger partial charge is 0.338 e. The van der Waals surface area contributed by atoms with Gasteiger partial charge in [-0.1, -0.05) is 5.92 Å². The summed E-state index contributed by atoms with van der Waals surface area (Å²) in [4.78, 5) is 23.8. The Morgan fingerprint density at radius 2 is 2.12 bits per heavy atom. The Kier molecular flexibility index (Phi) is 6.31. The molecule has 0 bridgehead atoms. The van der Waals surface area contributed by atoms with Gasteiger partial charge in [0.05, 0.1) is 22.8 Å². The summed E-state index contributed by atoms with van der Waals surface area (Å²) in [5.41, 5.74) is 0.0992. The van der Waals surface area contributed by atoms with Crippen LogP contribution in [0.3, 0.4) is 0 Å². The molecule has 1 unspecified atom stereocenters. The van der Waals surface area contributed by atoms with Gasteiger partial charge in [-0.25, -0.2) is 13.2 Å². The molecule has 1 fully saturated rings. The molecule has 1 aromatic carbocycles. The molecule has 1 saturated heterocycles. The fourth-order valence-corrected chi connectivity index (χ4v) is 4.28. The summed E-state index contributed by atoms with van der Waals surface area (Å²) in [5, 5.41) is 10.6. The molecule has 1 atom stereocenters. The number of ether oxygens (including phenoxy) is 1. The number of rotatable bonds is 7. The molecule has 10 heteroatoms. The van der Waals surface area contributed by atoms with Crippen molar-refractivity contribution in [2.24, 2.45) is 0 Å². The third kappa shape index (κ3) is 4.78. The Labute approximate surface area is 151 Å². The summed E-state index contributed by atoms with van der Waals surface area (Å²) in [6, 6.07) is 4.88. The fraction of sp³-hybridized carbons (Fsp3) is 0.438. The largest absolute Gasteiger partial charge is 0.461 e. The zero-order valence-corrected chi connectivity index (χ0v) is 15.0. The van der Waals surface area contributed by atoms with Crippen LogP contribution in [0.25, 0.3) is 0 Å². The SMILES string of the molecule is C#CCN1CC(N(C)CCOC(=O)c2ccc([N+](=O)[O-])cc2)CS1(=O)=O. The molecule has 0 saturated carbocycles. The molecule has 0 spiro atoms. The third-order valence-corrected chi connectivity index (χ3v) is 5.96. The topological polar surface area (TPSA) is 110 Å². The van der Waals surface area contributed by atoms with Crippen molar-refractivity contribution < 1.29 is 22.9 Å². The zero-order chi connectivity index (χ0) is 19.3. The predicted octanol–water partition coefficient (Wildman–Crippen LogP) is 0.331. The van der Waals surface area contributed by atoms with Crippen molar-refractivity contribution in [2.45, 2.75) is 6.04 Å². The Morgan fingerprint density at radius 1 is 1.46 bits per heavy atom. The summed E-state index contributed by atoms with van der Waals surface area (Å²) in [5.74, 6) is 1.71. The van der Waals surface area contributed by atoms with Gasteiger partial charge in [-0.3, -0.25) is 15.0 Å². The first-order valence-corrected chi connectivity index (χ1v) is 9.38. The summed E-state index contributed by atoms with van der Waals surface area (Å²) in [7, 11) is -1.60. The number of terminal acetylenes is 1. The van der Waals surface area contributed by atoms with Gasteiger partial charge >= 0.3 is 5.97 Å². The number of non-ortho nitro benzene ring substituents is 1.